The molecule has 4 aliphatic carbocycles. The monoisotopic (exact) mass is 1880 g/mol. The number of hydrogen-bond acceptors (Lipinski definition) is 23. The Morgan fingerprint density at radius 2 is 0.694 bits per heavy atom. The van der Waals surface area contributed by atoms with Gasteiger partial charge in [-0.3, -0.25) is 33.6 Å². The zero-order valence-corrected chi connectivity index (χ0v) is 86.5. The first-order chi connectivity index (χ1) is 61.5. The van der Waals surface area contributed by atoms with Crippen molar-refractivity contribution in [3.05, 3.63) is 71.8 Å². The van der Waals surface area contributed by atoms with E-state index in [9.17, 15) is 53.4 Å². The summed E-state index contributed by atoms with van der Waals surface area (Å²) in [7, 11) is -2.08. The molecule has 0 unspecified atom stereocenters. The molecule has 2 aromatic rings. The molecule has 30 nitrogen and oxygen atoms in total. The van der Waals surface area contributed by atoms with Crippen molar-refractivity contribution in [1.82, 2.24) is 26.6 Å². The summed E-state index contributed by atoms with van der Waals surface area (Å²) in [5.74, 6) is -2.84. The second-order valence-electron chi connectivity index (χ2n) is 47.5. The van der Waals surface area contributed by atoms with Crippen LogP contribution in [0.3, 0.4) is 0 Å². The lowest BCUT2D eigenvalue weighted by atomic mass is 9.77. The van der Waals surface area contributed by atoms with Crippen molar-refractivity contribution in [2.75, 3.05) is 0 Å². The maximum Gasteiger partial charge on any atom is 0.457 e. The third-order valence-electron chi connectivity index (χ3n) is 28.8. The van der Waals surface area contributed by atoms with Gasteiger partial charge in [0.05, 0.1) is 61.3 Å². The number of aliphatic carboxylic acids is 2. The number of ether oxygens (including phenoxy) is 4. The molecule has 0 aromatic heterocycles. The molecule has 3 saturated heterocycles. The summed E-state index contributed by atoms with van der Waals surface area (Å²) in [6, 6.07) is 16.6. The maximum atomic E-state index is 13.7. The number of amides is 5. The average molecular weight is 1880 g/mol. The van der Waals surface area contributed by atoms with Gasteiger partial charge in [-0.2, -0.15) is 0 Å². The molecular formula is C100H171B4N7O23. The van der Waals surface area contributed by atoms with Crippen LogP contribution in [0.4, 0.5) is 9.59 Å². The highest BCUT2D eigenvalue weighted by Gasteiger charge is 2.56. The molecule has 0 bridgehead atoms. The summed E-state index contributed by atoms with van der Waals surface area (Å²) >= 11 is 0. The fourth-order valence-corrected chi connectivity index (χ4v) is 18.6. The largest absolute Gasteiger partial charge is 0.481 e. The minimum Gasteiger partial charge on any atom is -0.481 e. The van der Waals surface area contributed by atoms with Crippen molar-refractivity contribution < 1.29 is 110 Å². The van der Waals surface area contributed by atoms with Crippen LogP contribution in [0.5, 0.6) is 0 Å². The van der Waals surface area contributed by atoms with E-state index in [1.165, 1.54) is 0 Å². The summed E-state index contributed by atoms with van der Waals surface area (Å²) in [5.41, 5.74) is 6.28. The van der Waals surface area contributed by atoms with Gasteiger partial charge in [0, 0.05) is 24.2 Å². The van der Waals surface area contributed by atoms with E-state index in [1.54, 1.807) is 41.5 Å². The number of nitrogens with two attached hydrogens (primary N) is 2. The van der Waals surface area contributed by atoms with Gasteiger partial charge in [-0.05, 0) is 280 Å². The first-order valence-corrected chi connectivity index (χ1v) is 49.3. The first-order valence-electron chi connectivity index (χ1n) is 49.3. The van der Waals surface area contributed by atoms with Crippen LogP contribution < -0.4 is 38.1 Å². The molecule has 3 aliphatic heterocycles. The van der Waals surface area contributed by atoms with Crippen LogP contribution >= 0.6 is 0 Å². The SMILES string of the molecule is CC(C)(C)OC(=O)N[C@H](C(=O)N[C@H]1CC[C@@](CCCCB2OC(C)(C)C(C)(C)O2)(C(=O)O)C1)C(C)(C)C.CC(C)(C)OC(=O)N[C@H](C(=O)N[C@H]1CC[C@@](CCCCB2OC(C)(C)C(C)(C)O2)(C(=O)OCc2ccccc2)C1)C(C)(C)C.CC(C)(C)[C@H](N)C(=O)N[C@H]1CC[C@@](CCCCB(O)O)(C(=O)O)C1.CC1(C)OB(CCCC[C@@]2(C(=O)OCc3ccccc3)CC[C@H](N)C2)OC1(C)C. The second kappa shape index (κ2) is 47.4. The second-order valence-corrected chi connectivity index (χ2v) is 47.5. The van der Waals surface area contributed by atoms with Gasteiger partial charge in [0.1, 0.15) is 36.5 Å². The smallest absolute Gasteiger partial charge is 0.457 e. The standard InChI is InChI=1S/C34H55BN2O7.C27H49BN2O7.C23H36BNO4.C16H31BN2O5/c1-30(2,3)26(37-29(40)42-31(4,5)6)27(38)36-25-18-20-34(22-25,28(39)41-23-24-16-12-11-13-17-24)19-14-15-21-35-43-32(7,8)33(9,10)44-35;1-23(2,3)19(30-22(34)35-24(4,5)6)20(31)29-18-13-15-27(17-18,21(32)33)14-11-12-16-28-36-25(7,8)26(9,10)37-28;1-21(2)22(3,4)29-24(28-21)15-9-8-13-23(14-12-19(25)16-23)20(26)27-17-18-10-6-5-7-11-18;1-15(2,3)12(18)13(20)19-11-6-8-16(10-11,14(21)22)7-4-5-9-17(23)24/h11-13,16-17,25-26H,14-15,18-23H2,1-10H3,(H,36,38)(H,37,40);18-19H,11-17H2,1-10H3,(H,29,31)(H,30,34)(H,32,33);5-7,10-11,19H,8-9,12-17,25H2,1-4H3;11-12,23-24H,4-10,18H2,1-3H3,(H,19,20)(H,21,22)/t25-,26+,34+;18-,19+,27+;19-,23+;11-,12+,16+/m0000/s1. The number of unbranched alkanes of at least 4 members (excludes halogenated alkanes) is 4. The van der Waals surface area contributed by atoms with Crippen LogP contribution in [0.1, 0.15) is 352 Å². The number of carbonyl (C=O) groups is 9. The highest BCUT2D eigenvalue weighted by molar-refractivity contribution is 6.46. The van der Waals surface area contributed by atoms with E-state index < -0.39 is 93.1 Å². The Kier molecular flexibility index (Phi) is 41.0. The Labute approximate surface area is 802 Å². The van der Waals surface area contributed by atoms with E-state index in [2.05, 4.69) is 54.3 Å². The predicted octanol–water partition coefficient (Wildman–Crippen LogP) is 16.7. The average Bonchev–Trinajstić information content (AvgIpc) is 1.65. The van der Waals surface area contributed by atoms with Crippen molar-refractivity contribution in [3.63, 3.8) is 0 Å². The highest BCUT2D eigenvalue weighted by Crippen LogP contribution is 2.50. The van der Waals surface area contributed by atoms with Gasteiger partial charge in [-0.1, -0.05) is 174 Å². The lowest BCUT2D eigenvalue weighted by molar-refractivity contribution is -0.158. The molecule has 13 N–H and O–H groups in total. The van der Waals surface area contributed by atoms with E-state index in [4.69, 9.17) is 68.4 Å². The van der Waals surface area contributed by atoms with Crippen molar-refractivity contribution in [3.8, 4) is 0 Å². The molecule has 7 aliphatic rings. The summed E-state index contributed by atoms with van der Waals surface area (Å²) in [5, 5.41) is 51.9. The third-order valence-corrected chi connectivity index (χ3v) is 28.8. The summed E-state index contributed by atoms with van der Waals surface area (Å²) in [6.07, 6.45) is 17.1. The quantitative estimate of drug-likeness (QED) is 0.0131. The van der Waals surface area contributed by atoms with Gasteiger partial charge in [0.15, 0.2) is 0 Å². The van der Waals surface area contributed by atoms with E-state index in [0.29, 0.717) is 103 Å². The molecule has 0 radical (unpaired) electrons. The number of carboxylic acids is 2. The Morgan fingerprint density at radius 3 is 0.978 bits per heavy atom. The number of benzene rings is 2. The number of rotatable bonds is 36. The van der Waals surface area contributed by atoms with Crippen LogP contribution in [-0.2, 0) is 93.6 Å². The number of esters is 2. The van der Waals surface area contributed by atoms with Gasteiger partial charge in [-0.15, -0.1) is 0 Å². The molecule has 3 heterocycles. The fourth-order valence-electron chi connectivity index (χ4n) is 18.6. The number of carbonyl (C=O) groups excluding carboxylic acids is 7. The van der Waals surface area contributed by atoms with Crippen LogP contribution in [0.25, 0.3) is 0 Å². The lowest BCUT2D eigenvalue weighted by Crippen LogP contribution is -2.56. The Hall–Kier alpha value is -6.87. The van der Waals surface area contributed by atoms with Gasteiger partial charge in [-0.25, -0.2) is 9.59 Å². The molecule has 11 atom stereocenters. The Balaban J connectivity index is 0.000000281. The molecule has 5 amide bonds. The molecule has 9 rings (SSSR count). The summed E-state index contributed by atoms with van der Waals surface area (Å²) in [4.78, 5) is 115. The van der Waals surface area contributed by atoms with Crippen LogP contribution in [0, 0.1) is 37.9 Å². The van der Waals surface area contributed by atoms with Crippen LogP contribution in [0.2, 0.25) is 25.3 Å². The molecule has 4 saturated carbocycles. The number of alkyl carbamates (subject to hydrolysis) is 2. The van der Waals surface area contributed by atoms with Gasteiger partial charge in [0.25, 0.3) is 0 Å². The lowest BCUT2D eigenvalue weighted by Gasteiger charge is -2.32. The fraction of sp³-hybridized carbons (Fsp3) is 0.790. The molecule has 756 valence electrons. The molecule has 7 fully saturated rings. The van der Waals surface area contributed by atoms with E-state index in [0.717, 1.165) is 88.0 Å². The number of carboxylic acid groups (broad SMARTS) is 2. The van der Waals surface area contributed by atoms with E-state index >= 15 is 0 Å². The normalized spacial score (nSPS) is 25.5. The zero-order valence-electron chi connectivity index (χ0n) is 86.5. The van der Waals surface area contributed by atoms with Gasteiger partial charge in [0.2, 0.25) is 17.7 Å². The van der Waals surface area contributed by atoms with Crippen LogP contribution in [0.15, 0.2) is 60.7 Å². The molecular weight excluding hydrogens is 1710 g/mol. The van der Waals surface area contributed by atoms with Crippen molar-refractivity contribution in [1.29, 1.82) is 0 Å². The highest BCUT2D eigenvalue weighted by atomic mass is 16.7. The molecule has 134 heavy (non-hydrogen) atoms. The van der Waals surface area contributed by atoms with E-state index in [-0.39, 0.29) is 127 Å². The first kappa shape index (κ1) is 116. The van der Waals surface area contributed by atoms with Gasteiger partial charge >= 0.3 is 64.5 Å². The Morgan fingerprint density at radius 1 is 0.410 bits per heavy atom. The zero-order chi connectivity index (χ0) is 101. The van der Waals surface area contributed by atoms with Crippen LogP contribution in [-0.4, -0.2) is 190 Å². The van der Waals surface area contributed by atoms with E-state index in [1.807, 2.05) is 178 Å². The number of nitrogens with one attached hydrogen (secondary N) is 5. The molecule has 34 heteroatoms. The van der Waals surface area contributed by atoms with Gasteiger partial charge < -0.3 is 105 Å². The summed E-state index contributed by atoms with van der Waals surface area (Å²) in [6.45, 7) is 52.7. The third kappa shape index (κ3) is 34.6. The predicted molar refractivity (Wildman–Crippen MR) is 522 cm³/mol. The molecule has 2 aromatic carbocycles. The minimum absolute atomic E-state index is 0.0855. The van der Waals surface area contributed by atoms with Crippen molar-refractivity contribution in [2.24, 2.45) is 49.4 Å². The Bertz CT molecular complexity index is 4100. The number of hydrogen-bond donors (Lipinski definition) is 11. The van der Waals surface area contributed by atoms with Crippen molar-refractivity contribution in [2.45, 2.75) is 467 Å². The minimum atomic E-state index is -1.35. The molecule has 0 spiro atoms. The topological polar surface area (TPSA) is 439 Å². The maximum absolute atomic E-state index is 13.7. The summed E-state index contributed by atoms with van der Waals surface area (Å²) < 4.78 is 58.9. The van der Waals surface area contributed by atoms with Crippen molar-refractivity contribution >= 4 is 82.3 Å².